The summed E-state index contributed by atoms with van der Waals surface area (Å²) in [5, 5.41) is 0. The average molecular weight is 245 g/mol. The fraction of sp³-hybridized carbons (Fsp3) is 0.562. The molecule has 1 aromatic rings. The Labute approximate surface area is 110 Å². The van der Waals surface area contributed by atoms with Crippen molar-refractivity contribution in [3.05, 3.63) is 29.8 Å². The Balaban J connectivity index is 2.11. The SMILES string of the molecule is CCCC1CCC(=O)N(c2cccc(C)c2)CC1. The van der Waals surface area contributed by atoms with Crippen LogP contribution in [0.2, 0.25) is 0 Å². The van der Waals surface area contributed by atoms with Crippen molar-refractivity contribution >= 4 is 11.6 Å². The highest BCUT2D eigenvalue weighted by atomic mass is 16.2. The van der Waals surface area contributed by atoms with Crippen molar-refractivity contribution in [2.45, 2.75) is 46.0 Å². The number of benzene rings is 1. The lowest BCUT2D eigenvalue weighted by Gasteiger charge is -2.21. The average Bonchev–Trinajstić information content (AvgIpc) is 2.53. The molecule has 0 N–H and O–H groups in total. The van der Waals surface area contributed by atoms with Gasteiger partial charge in [0, 0.05) is 18.7 Å². The zero-order valence-corrected chi connectivity index (χ0v) is 11.5. The molecule has 2 rings (SSSR count). The molecule has 0 aromatic heterocycles. The topological polar surface area (TPSA) is 20.3 Å². The first-order chi connectivity index (χ1) is 8.70. The molecule has 1 saturated heterocycles. The second-order valence-corrected chi connectivity index (χ2v) is 5.37. The fourth-order valence-corrected chi connectivity index (χ4v) is 2.81. The largest absolute Gasteiger partial charge is 0.312 e. The van der Waals surface area contributed by atoms with Crippen molar-refractivity contribution in [3.63, 3.8) is 0 Å². The predicted molar refractivity (Wildman–Crippen MR) is 75.8 cm³/mol. The lowest BCUT2D eigenvalue weighted by molar-refractivity contribution is -0.118. The van der Waals surface area contributed by atoms with Crippen LogP contribution < -0.4 is 4.90 Å². The summed E-state index contributed by atoms with van der Waals surface area (Å²) in [6.45, 7) is 5.18. The first-order valence-electron chi connectivity index (χ1n) is 7.07. The molecule has 1 heterocycles. The van der Waals surface area contributed by atoms with E-state index in [1.54, 1.807) is 0 Å². The van der Waals surface area contributed by atoms with Crippen molar-refractivity contribution in [3.8, 4) is 0 Å². The summed E-state index contributed by atoms with van der Waals surface area (Å²) >= 11 is 0. The minimum atomic E-state index is 0.291. The maximum absolute atomic E-state index is 12.2. The van der Waals surface area contributed by atoms with Gasteiger partial charge in [0.25, 0.3) is 0 Å². The summed E-state index contributed by atoms with van der Waals surface area (Å²) in [4.78, 5) is 14.2. The normalized spacial score (nSPS) is 20.9. The second kappa shape index (κ2) is 6.03. The molecule has 0 radical (unpaired) electrons. The number of nitrogens with zero attached hydrogens (tertiary/aromatic N) is 1. The third kappa shape index (κ3) is 3.12. The maximum Gasteiger partial charge on any atom is 0.226 e. The molecule has 1 amide bonds. The number of aryl methyl sites for hydroxylation is 1. The lowest BCUT2D eigenvalue weighted by Crippen LogP contribution is -2.30. The van der Waals surface area contributed by atoms with Crippen LogP contribution in [0.5, 0.6) is 0 Å². The summed E-state index contributed by atoms with van der Waals surface area (Å²) in [7, 11) is 0. The van der Waals surface area contributed by atoms with Crippen molar-refractivity contribution in [1.29, 1.82) is 0 Å². The van der Waals surface area contributed by atoms with Crippen molar-refractivity contribution < 1.29 is 4.79 Å². The molecular formula is C16H23NO. The van der Waals surface area contributed by atoms with Crippen LogP contribution in [-0.4, -0.2) is 12.5 Å². The van der Waals surface area contributed by atoms with Crippen LogP contribution in [0.4, 0.5) is 5.69 Å². The summed E-state index contributed by atoms with van der Waals surface area (Å²) < 4.78 is 0. The maximum atomic E-state index is 12.2. The number of hydrogen-bond acceptors (Lipinski definition) is 1. The van der Waals surface area contributed by atoms with Crippen molar-refractivity contribution in [1.82, 2.24) is 0 Å². The van der Waals surface area contributed by atoms with E-state index in [0.29, 0.717) is 12.3 Å². The molecular weight excluding hydrogens is 222 g/mol. The monoisotopic (exact) mass is 245 g/mol. The first kappa shape index (κ1) is 13.1. The van der Waals surface area contributed by atoms with Crippen LogP contribution in [0, 0.1) is 12.8 Å². The summed E-state index contributed by atoms with van der Waals surface area (Å²) in [6, 6.07) is 8.27. The number of hydrogen-bond donors (Lipinski definition) is 0. The minimum absolute atomic E-state index is 0.291. The zero-order chi connectivity index (χ0) is 13.0. The molecule has 1 fully saturated rings. The van der Waals surface area contributed by atoms with Gasteiger partial charge >= 0.3 is 0 Å². The van der Waals surface area contributed by atoms with E-state index in [0.717, 1.165) is 31.0 Å². The van der Waals surface area contributed by atoms with E-state index in [1.165, 1.54) is 18.4 Å². The molecule has 0 spiro atoms. The molecule has 2 heteroatoms. The van der Waals surface area contributed by atoms with Gasteiger partial charge in [-0.3, -0.25) is 4.79 Å². The number of rotatable bonds is 3. The van der Waals surface area contributed by atoms with Crippen LogP contribution in [0.1, 0.15) is 44.6 Å². The van der Waals surface area contributed by atoms with Gasteiger partial charge in [0.05, 0.1) is 0 Å². The van der Waals surface area contributed by atoms with Gasteiger partial charge in [-0.15, -0.1) is 0 Å². The Bertz CT molecular complexity index is 413. The molecule has 98 valence electrons. The molecule has 1 unspecified atom stereocenters. The highest BCUT2D eigenvalue weighted by Crippen LogP contribution is 2.26. The van der Waals surface area contributed by atoms with Crippen LogP contribution >= 0.6 is 0 Å². The van der Waals surface area contributed by atoms with Crippen LogP contribution in [0.3, 0.4) is 0 Å². The Morgan fingerprint density at radius 1 is 1.33 bits per heavy atom. The van der Waals surface area contributed by atoms with E-state index < -0.39 is 0 Å². The fourth-order valence-electron chi connectivity index (χ4n) is 2.81. The highest BCUT2D eigenvalue weighted by molar-refractivity contribution is 5.93. The second-order valence-electron chi connectivity index (χ2n) is 5.37. The third-order valence-corrected chi connectivity index (χ3v) is 3.84. The predicted octanol–water partition coefficient (Wildman–Crippen LogP) is 3.93. The molecule has 1 atom stereocenters. The molecule has 1 aliphatic rings. The summed E-state index contributed by atoms with van der Waals surface area (Å²) in [5.74, 6) is 1.02. The molecule has 0 bridgehead atoms. The lowest BCUT2D eigenvalue weighted by atomic mass is 9.96. The van der Waals surface area contributed by atoms with E-state index in [9.17, 15) is 4.79 Å². The molecule has 0 aliphatic carbocycles. The summed E-state index contributed by atoms with van der Waals surface area (Å²) in [5.41, 5.74) is 2.28. The Kier molecular flexibility index (Phi) is 4.40. The van der Waals surface area contributed by atoms with Gasteiger partial charge in [0.1, 0.15) is 0 Å². The van der Waals surface area contributed by atoms with E-state index >= 15 is 0 Å². The summed E-state index contributed by atoms with van der Waals surface area (Å²) in [6.07, 6.45) is 5.40. The molecule has 0 saturated carbocycles. The minimum Gasteiger partial charge on any atom is -0.312 e. The molecule has 1 aliphatic heterocycles. The van der Waals surface area contributed by atoms with Gasteiger partial charge in [0.2, 0.25) is 5.91 Å². The van der Waals surface area contributed by atoms with Crippen LogP contribution in [-0.2, 0) is 4.79 Å². The van der Waals surface area contributed by atoms with Crippen LogP contribution in [0.25, 0.3) is 0 Å². The number of carbonyl (C=O) groups is 1. The molecule has 1 aromatic carbocycles. The van der Waals surface area contributed by atoms with Gasteiger partial charge < -0.3 is 4.90 Å². The molecule has 2 nitrogen and oxygen atoms in total. The first-order valence-corrected chi connectivity index (χ1v) is 7.07. The van der Waals surface area contributed by atoms with E-state index in [1.807, 2.05) is 17.0 Å². The van der Waals surface area contributed by atoms with E-state index in [2.05, 4.69) is 26.0 Å². The Morgan fingerprint density at radius 2 is 2.17 bits per heavy atom. The highest BCUT2D eigenvalue weighted by Gasteiger charge is 2.22. The molecule has 18 heavy (non-hydrogen) atoms. The Morgan fingerprint density at radius 3 is 2.89 bits per heavy atom. The Hall–Kier alpha value is -1.31. The number of amides is 1. The van der Waals surface area contributed by atoms with E-state index in [4.69, 9.17) is 0 Å². The van der Waals surface area contributed by atoms with Gasteiger partial charge in [-0.1, -0.05) is 31.9 Å². The third-order valence-electron chi connectivity index (χ3n) is 3.84. The van der Waals surface area contributed by atoms with Crippen molar-refractivity contribution in [2.75, 3.05) is 11.4 Å². The smallest absolute Gasteiger partial charge is 0.226 e. The van der Waals surface area contributed by atoms with Crippen molar-refractivity contribution in [2.24, 2.45) is 5.92 Å². The number of anilines is 1. The van der Waals surface area contributed by atoms with E-state index in [-0.39, 0.29) is 0 Å². The number of carbonyl (C=O) groups excluding carboxylic acids is 1. The van der Waals surface area contributed by atoms with Crippen LogP contribution in [0.15, 0.2) is 24.3 Å². The van der Waals surface area contributed by atoms with Gasteiger partial charge in [-0.2, -0.15) is 0 Å². The van der Waals surface area contributed by atoms with Gasteiger partial charge in [-0.25, -0.2) is 0 Å². The zero-order valence-electron chi connectivity index (χ0n) is 11.5. The standard InChI is InChI=1S/C16H23NO/c1-3-5-14-8-9-16(18)17(11-10-14)15-7-4-6-13(2)12-15/h4,6-7,12,14H,3,5,8-11H2,1-2H3. The van der Waals surface area contributed by atoms with Gasteiger partial charge in [-0.05, 0) is 43.4 Å². The quantitative estimate of drug-likeness (QED) is 0.790. The van der Waals surface area contributed by atoms with Gasteiger partial charge in [0.15, 0.2) is 0 Å².